The number of benzene rings is 1. The highest BCUT2D eigenvalue weighted by molar-refractivity contribution is 5.90. The van der Waals surface area contributed by atoms with E-state index in [-0.39, 0.29) is 34.9 Å². The van der Waals surface area contributed by atoms with Crippen LogP contribution in [0.5, 0.6) is 0 Å². The first-order valence-electron chi connectivity index (χ1n) is 9.98. The van der Waals surface area contributed by atoms with Gasteiger partial charge < -0.3 is 9.47 Å². The van der Waals surface area contributed by atoms with E-state index < -0.39 is 11.9 Å². The molecule has 0 amide bonds. The number of Topliss-reactive ketones (excluding diaryl/α,β-unsaturated/α-hetero) is 1. The van der Waals surface area contributed by atoms with E-state index in [1.54, 1.807) is 0 Å². The first-order chi connectivity index (χ1) is 12.8. The third-order valence-corrected chi connectivity index (χ3v) is 7.02. The maximum Gasteiger partial charge on any atom is 0.345 e. The fraction of sp³-hybridized carbons (Fsp3) is 0.565. The molecule has 0 aromatic heterocycles. The number of carbonyl (C=O) groups is 2. The third-order valence-electron chi connectivity index (χ3n) is 7.02. The molecule has 4 aliphatic rings. The second-order valence-corrected chi connectivity index (χ2v) is 9.65. The molecule has 0 unspecified atom stereocenters. The zero-order valence-electron chi connectivity index (χ0n) is 16.1. The molecule has 1 aromatic rings. The molecule has 142 valence electrons. The Balaban J connectivity index is 1.63. The summed E-state index contributed by atoms with van der Waals surface area (Å²) in [6, 6.07) is 9.65. The Morgan fingerprint density at radius 1 is 1.04 bits per heavy atom. The maximum absolute atomic E-state index is 13.4. The number of hydrogen-bond acceptors (Lipinski definition) is 4. The van der Waals surface area contributed by atoms with E-state index in [0.717, 1.165) is 12.0 Å². The van der Waals surface area contributed by atoms with E-state index >= 15 is 0 Å². The summed E-state index contributed by atoms with van der Waals surface area (Å²) >= 11 is 0. The van der Waals surface area contributed by atoms with Gasteiger partial charge in [-0.2, -0.15) is 0 Å². The van der Waals surface area contributed by atoms with Crippen LogP contribution in [0.1, 0.15) is 39.2 Å². The normalized spacial score (nSPS) is 42.6. The van der Waals surface area contributed by atoms with Crippen molar-refractivity contribution < 1.29 is 19.1 Å². The van der Waals surface area contributed by atoms with E-state index in [4.69, 9.17) is 9.47 Å². The van der Waals surface area contributed by atoms with Crippen LogP contribution in [0.2, 0.25) is 0 Å². The molecular weight excluding hydrogens is 340 g/mol. The molecule has 3 fully saturated rings. The second kappa shape index (κ2) is 5.54. The van der Waals surface area contributed by atoms with Gasteiger partial charge >= 0.3 is 5.97 Å². The standard InChI is InChI=1S/C23H26O4/c1-22(2,3)21-26-20(25)23(27-21,15-7-5-4-6-8-15)16-12-17(24)19-14-10-9-13(11-14)18(16)19/h4-10,13-14,16,18-19,21H,11-12H2,1-3H3/t13-,14+,16+,18-,19-,21-,23-/m0/s1. The summed E-state index contributed by atoms with van der Waals surface area (Å²) in [7, 11) is 0. The molecule has 2 saturated carbocycles. The van der Waals surface area contributed by atoms with E-state index in [9.17, 15) is 9.59 Å². The lowest BCUT2D eigenvalue weighted by Crippen LogP contribution is -2.45. The minimum absolute atomic E-state index is 0.0377. The molecule has 27 heavy (non-hydrogen) atoms. The molecule has 4 heteroatoms. The van der Waals surface area contributed by atoms with Crippen LogP contribution in [-0.2, 0) is 24.7 Å². The van der Waals surface area contributed by atoms with Crippen LogP contribution in [0.15, 0.2) is 42.5 Å². The number of esters is 1. The average molecular weight is 366 g/mol. The topological polar surface area (TPSA) is 52.6 Å². The van der Waals surface area contributed by atoms with Crippen LogP contribution in [0, 0.1) is 35.0 Å². The van der Waals surface area contributed by atoms with Crippen LogP contribution < -0.4 is 0 Å². The van der Waals surface area contributed by atoms with Crippen molar-refractivity contribution >= 4 is 11.8 Å². The van der Waals surface area contributed by atoms with Gasteiger partial charge in [-0.3, -0.25) is 4.79 Å². The molecular formula is C23H26O4. The largest absolute Gasteiger partial charge is 0.433 e. The minimum Gasteiger partial charge on any atom is -0.433 e. The van der Waals surface area contributed by atoms with Gasteiger partial charge in [-0.15, -0.1) is 0 Å². The Hall–Kier alpha value is -1.94. The van der Waals surface area contributed by atoms with Crippen LogP contribution in [0.4, 0.5) is 0 Å². The minimum atomic E-state index is -1.19. The molecule has 2 bridgehead atoms. The second-order valence-electron chi connectivity index (χ2n) is 9.65. The SMILES string of the molecule is CC(C)(C)[C@H]1OC(=O)[C@](c2ccccc2)([C@@H]2CC(=O)[C@H]3[C@H]2[C@H]2C=C[C@@H]3C2)O1. The van der Waals surface area contributed by atoms with Crippen molar-refractivity contribution in [2.45, 2.75) is 45.5 Å². The van der Waals surface area contributed by atoms with Gasteiger partial charge in [0.1, 0.15) is 5.78 Å². The number of ketones is 1. The summed E-state index contributed by atoms with van der Waals surface area (Å²) in [6.07, 6.45) is 5.25. The maximum atomic E-state index is 13.4. The predicted octanol–water partition coefficient (Wildman–Crippen LogP) is 3.85. The summed E-state index contributed by atoms with van der Waals surface area (Å²) in [6.45, 7) is 6.03. The van der Waals surface area contributed by atoms with Crippen molar-refractivity contribution in [3.05, 3.63) is 48.0 Å². The van der Waals surface area contributed by atoms with Crippen LogP contribution >= 0.6 is 0 Å². The van der Waals surface area contributed by atoms with Crippen molar-refractivity contribution in [1.82, 2.24) is 0 Å². The summed E-state index contributed by atoms with van der Waals surface area (Å²) in [4.78, 5) is 26.3. The summed E-state index contributed by atoms with van der Waals surface area (Å²) < 4.78 is 12.3. The van der Waals surface area contributed by atoms with E-state index in [1.807, 2.05) is 51.1 Å². The molecule has 4 nitrogen and oxygen atoms in total. The number of allylic oxidation sites excluding steroid dienone is 2. The van der Waals surface area contributed by atoms with Crippen molar-refractivity contribution in [2.75, 3.05) is 0 Å². The lowest BCUT2D eigenvalue weighted by molar-refractivity contribution is -0.166. The van der Waals surface area contributed by atoms with Crippen molar-refractivity contribution in [3.63, 3.8) is 0 Å². The Morgan fingerprint density at radius 3 is 2.41 bits per heavy atom. The molecule has 0 spiro atoms. The molecule has 0 radical (unpaired) electrons. The number of fused-ring (bicyclic) bond motifs is 5. The number of hydrogen-bond donors (Lipinski definition) is 0. The van der Waals surface area contributed by atoms with Crippen LogP contribution in [0.25, 0.3) is 0 Å². The van der Waals surface area contributed by atoms with Gasteiger partial charge in [-0.25, -0.2) is 4.79 Å². The van der Waals surface area contributed by atoms with Gasteiger partial charge in [-0.05, 0) is 29.7 Å². The zero-order chi connectivity index (χ0) is 19.0. The Bertz CT molecular complexity index is 821. The molecule has 1 heterocycles. The molecule has 5 rings (SSSR count). The van der Waals surface area contributed by atoms with Crippen LogP contribution in [0.3, 0.4) is 0 Å². The monoisotopic (exact) mass is 366 g/mol. The molecule has 1 aromatic carbocycles. The lowest BCUT2D eigenvalue weighted by atomic mass is 9.70. The Kier molecular flexibility index (Phi) is 3.52. The molecule has 7 atom stereocenters. The summed E-state index contributed by atoms with van der Waals surface area (Å²) in [5.41, 5.74) is -0.706. The number of rotatable bonds is 2. The number of ether oxygens (including phenoxy) is 2. The summed E-state index contributed by atoms with van der Waals surface area (Å²) in [5, 5.41) is 0. The van der Waals surface area contributed by atoms with Crippen molar-refractivity contribution in [3.8, 4) is 0 Å². The smallest absolute Gasteiger partial charge is 0.345 e. The van der Waals surface area contributed by atoms with Gasteiger partial charge in [0.05, 0.1) is 0 Å². The van der Waals surface area contributed by atoms with E-state index in [0.29, 0.717) is 18.3 Å². The Labute approximate surface area is 159 Å². The molecule has 1 saturated heterocycles. The third kappa shape index (κ3) is 2.25. The van der Waals surface area contributed by atoms with Gasteiger partial charge in [-0.1, -0.05) is 63.3 Å². The number of cyclic esters (lactones) is 1. The predicted molar refractivity (Wildman–Crippen MR) is 99.4 cm³/mol. The lowest BCUT2D eigenvalue weighted by Gasteiger charge is -2.37. The van der Waals surface area contributed by atoms with Crippen molar-refractivity contribution in [1.29, 1.82) is 0 Å². The van der Waals surface area contributed by atoms with Gasteiger partial charge in [0.2, 0.25) is 6.29 Å². The fourth-order valence-corrected chi connectivity index (χ4v) is 5.87. The molecule has 3 aliphatic carbocycles. The van der Waals surface area contributed by atoms with E-state index in [1.165, 1.54) is 0 Å². The zero-order valence-corrected chi connectivity index (χ0v) is 16.1. The first kappa shape index (κ1) is 17.2. The van der Waals surface area contributed by atoms with Crippen LogP contribution in [-0.4, -0.2) is 18.0 Å². The average Bonchev–Trinajstić information content (AvgIpc) is 3.37. The Morgan fingerprint density at radius 2 is 1.74 bits per heavy atom. The van der Waals surface area contributed by atoms with E-state index in [2.05, 4.69) is 12.2 Å². The highest BCUT2D eigenvalue weighted by atomic mass is 16.8. The van der Waals surface area contributed by atoms with Gasteiger partial charge in [0.25, 0.3) is 0 Å². The molecule has 0 N–H and O–H groups in total. The molecule has 1 aliphatic heterocycles. The highest BCUT2D eigenvalue weighted by Crippen LogP contribution is 2.62. The number of carbonyl (C=O) groups excluding carboxylic acids is 2. The van der Waals surface area contributed by atoms with Crippen molar-refractivity contribution in [2.24, 2.45) is 35.0 Å². The summed E-state index contributed by atoms with van der Waals surface area (Å²) in [5.74, 6) is 0.682. The highest BCUT2D eigenvalue weighted by Gasteiger charge is 2.67. The fourth-order valence-electron chi connectivity index (χ4n) is 5.87. The quantitative estimate of drug-likeness (QED) is 0.589. The van der Waals surface area contributed by atoms with Gasteiger partial charge in [0, 0.05) is 23.7 Å². The first-order valence-corrected chi connectivity index (χ1v) is 9.98. The van der Waals surface area contributed by atoms with Gasteiger partial charge in [0.15, 0.2) is 5.60 Å².